The molecule has 5 rings (SSSR count). The lowest BCUT2D eigenvalue weighted by Gasteiger charge is -2.22. The van der Waals surface area contributed by atoms with Gasteiger partial charge in [0.1, 0.15) is 18.2 Å². The monoisotopic (exact) mass is 598 g/mol. The average molecular weight is 599 g/mol. The second kappa shape index (κ2) is 12.3. The number of ether oxygens (including phenoxy) is 1. The van der Waals surface area contributed by atoms with Crippen molar-refractivity contribution in [3.05, 3.63) is 106 Å². The SMILES string of the molecule is COC(=O)c1cccc(-c2cccnc2[C@H](Cc2cc(F)cc(F)c2)NC(=O)Cn2nc(C(F)(F)F)c3c2CCCC3)c1. The Labute approximate surface area is 243 Å². The number of rotatable bonds is 8. The molecule has 0 radical (unpaired) electrons. The number of carbonyl (C=O) groups is 2. The van der Waals surface area contributed by atoms with Crippen LogP contribution in [0.4, 0.5) is 22.0 Å². The highest BCUT2D eigenvalue weighted by molar-refractivity contribution is 5.91. The molecule has 2 aromatic heterocycles. The standard InChI is InChI=1S/C31H27F5N4O3/c1-43-30(42)20-7-4-6-19(15-20)23-9-5-11-37-28(23)25(14-18-12-21(32)16-22(33)13-18)38-27(41)17-40-26-10-3-2-8-24(26)29(39-40)31(34,35)36/h4-7,9,11-13,15-16,25H,2-3,8,10,14,17H2,1H3,(H,38,41)/t25-/m0/s1. The van der Waals surface area contributed by atoms with Crippen LogP contribution in [0.15, 0.2) is 60.8 Å². The van der Waals surface area contributed by atoms with Gasteiger partial charge in [-0.1, -0.05) is 18.2 Å². The predicted octanol–water partition coefficient (Wildman–Crippen LogP) is 6.01. The van der Waals surface area contributed by atoms with Crippen LogP contribution in [-0.4, -0.2) is 33.8 Å². The third kappa shape index (κ3) is 6.73. The summed E-state index contributed by atoms with van der Waals surface area (Å²) in [6.07, 6.45) is -1.41. The van der Waals surface area contributed by atoms with E-state index in [1.165, 1.54) is 13.3 Å². The van der Waals surface area contributed by atoms with Gasteiger partial charge < -0.3 is 10.1 Å². The van der Waals surface area contributed by atoms with Crippen molar-refractivity contribution in [1.29, 1.82) is 0 Å². The summed E-state index contributed by atoms with van der Waals surface area (Å²) in [5.74, 6) is -2.84. The molecule has 0 saturated heterocycles. The molecule has 1 atom stereocenters. The van der Waals surface area contributed by atoms with Crippen LogP contribution in [0.3, 0.4) is 0 Å². The Morgan fingerprint density at radius 3 is 2.49 bits per heavy atom. The number of aromatic nitrogens is 3. The van der Waals surface area contributed by atoms with Crippen LogP contribution in [0, 0.1) is 11.6 Å². The van der Waals surface area contributed by atoms with Gasteiger partial charge in [0, 0.05) is 29.1 Å². The van der Waals surface area contributed by atoms with Crippen molar-refractivity contribution in [1.82, 2.24) is 20.1 Å². The van der Waals surface area contributed by atoms with Crippen LogP contribution in [0.25, 0.3) is 11.1 Å². The van der Waals surface area contributed by atoms with Gasteiger partial charge in [-0.25, -0.2) is 13.6 Å². The molecular weight excluding hydrogens is 571 g/mol. The number of pyridine rings is 1. The van der Waals surface area contributed by atoms with E-state index in [1.807, 2.05) is 0 Å². The number of hydrogen-bond acceptors (Lipinski definition) is 5. The molecule has 2 aromatic carbocycles. The zero-order valence-corrected chi connectivity index (χ0v) is 23.0. The first-order valence-electron chi connectivity index (χ1n) is 13.6. The summed E-state index contributed by atoms with van der Waals surface area (Å²) in [5.41, 5.74) is 1.38. The van der Waals surface area contributed by atoms with Gasteiger partial charge in [-0.15, -0.1) is 0 Å². The minimum absolute atomic E-state index is 0.0911. The first kappa shape index (κ1) is 29.9. The fraction of sp³-hybridized carbons (Fsp3) is 0.290. The lowest BCUT2D eigenvalue weighted by Crippen LogP contribution is -2.34. The molecule has 1 amide bonds. The first-order valence-corrected chi connectivity index (χ1v) is 13.6. The fourth-order valence-corrected chi connectivity index (χ4v) is 5.46. The zero-order valence-electron chi connectivity index (χ0n) is 23.0. The first-order chi connectivity index (χ1) is 20.5. The van der Waals surface area contributed by atoms with E-state index in [0.717, 1.165) is 22.9 Å². The van der Waals surface area contributed by atoms with Crippen molar-refractivity contribution < 1.29 is 36.3 Å². The molecule has 0 fully saturated rings. The van der Waals surface area contributed by atoms with Gasteiger partial charge in [0.25, 0.3) is 0 Å². The number of fused-ring (bicyclic) bond motifs is 1. The quantitative estimate of drug-likeness (QED) is 0.199. The Balaban J connectivity index is 1.51. The van der Waals surface area contributed by atoms with E-state index in [1.54, 1.807) is 36.4 Å². The fourth-order valence-electron chi connectivity index (χ4n) is 5.46. The van der Waals surface area contributed by atoms with E-state index in [4.69, 9.17) is 4.74 Å². The maximum atomic E-state index is 14.1. The molecule has 0 spiro atoms. The summed E-state index contributed by atoms with van der Waals surface area (Å²) in [7, 11) is 1.25. The highest BCUT2D eigenvalue weighted by Gasteiger charge is 2.39. The van der Waals surface area contributed by atoms with Crippen LogP contribution in [0.1, 0.15) is 57.5 Å². The van der Waals surface area contributed by atoms with Crippen molar-refractivity contribution in [3.8, 4) is 11.1 Å². The minimum Gasteiger partial charge on any atom is -0.465 e. The van der Waals surface area contributed by atoms with Gasteiger partial charge in [0.2, 0.25) is 5.91 Å². The number of carbonyl (C=O) groups excluding carboxylic acids is 2. The van der Waals surface area contributed by atoms with E-state index in [-0.39, 0.29) is 29.5 Å². The van der Waals surface area contributed by atoms with Crippen LogP contribution in [0.5, 0.6) is 0 Å². The molecular formula is C31H27F5N4O3. The Morgan fingerprint density at radius 2 is 1.77 bits per heavy atom. The number of methoxy groups -OCH3 is 1. The highest BCUT2D eigenvalue weighted by Crippen LogP contribution is 2.36. The number of esters is 1. The van der Waals surface area contributed by atoms with Crippen molar-refractivity contribution in [2.45, 2.75) is 50.9 Å². The number of nitrogens with one attached hydrogen (secondary N) is 1. The van der Waals surface area contributed by atoms with Crippen LogP contribution in [0.2, 0.25) is 0 Å². The summed E-state index contributed by atoms with van der Waals surface area (Å²) >= 11 is 0. The van der Waals surface area contributed by atoms with Crippen molar-refractivity contribution in [3.63, 3.8) is 0 Å². The normalized spacial score (nSPS) is 13.7. The third-order valence-electron chi connectivity index (χ3n) is 7.28. The van der Waals surface area contributed by atoms with Crippen LogP contribution in [-0.2, 0) is 41.5 Å². The van der Waals surface area contributed by atoms with Gasteiger partial charge in [-0.05, 0) is 73.6 Å². The van der Waals surface area contributed by atoms with E-state index in [2.05, 4.69) is 15.4 Å². The van der Waals surface area contributed by atoms with Gasteiger partial charge >= 0.3 is 12.1 Å². The molecule has 7 nitrogen and oxygen atoms in total. The summed E-state index contributed by atoms with van der Waals surface area (Å²) in [4.78, 5) is 30.0. The molecule has 0 saturated carbocycles. The smallest absolute Gasteiger partial charge is 0.435 e. The molecule has 1 N–H and O–H groups in total. The number of hydrogen-bond donors (Lipinski definition) is 1. The number of benzene rings is 2. The van der Waals surface area contributed by atoms with Crippen LogP contribution < -0.4 is 5.32 Å². The summed E-state index contributed by atoms with van der Waals surface area (Å²) in [6.45, 7) is -0.494. The Morgan fingerprint density at radius 1 is 1.02 bits per heavy atom. The number of nitrogens with zero attached hydrogens (tertiary/aromatic N) is 3. The molecule has 0 unspecified atom stereocenters. The topological polar surface area (TPSA) is 86.1 Å². The lowest BCUT2D eigenvalue weighted by molar-refractivity contribution is -0.142. The molecule has 12 heteroatoms. The maximum absolute atomic E-state index is 14.1. The van der Waals surface area contributed by atoms with Gasteiger partial charge in [-0.3, -0.25) is 14.5 Å². The Bertz CT molecular complexity index is 1650. The van der Waals surface area contributed by atoms with E-state index in [9.17, 15) is 31.5 Å². The van der Waals surface area contributed by atoms with Gasteiger partial charge in [-0.2, -0.15) is 18.3 Å². The second-order valence-electron chi connectivity index (χ2n) is 10.2. The maximum Gasteiger partial charge on any atom is 0.435 e. The molecule has 1 aliphatic carbocycles. The largest absolute Gasteiger partial charge is 0.465 e. The molecule has 43 heavy (non-hydrogen) atoms. The number of halogens is 5. The summed E-state index contributed by atoms with van der Waals surface area (Å²) in [6, 6.07) is 11.9. The molecule has 0 aliphatic heterocycles. The van der Waals surface area contributed by atoms with Crippen molar-refractivity contribution in [2.75, 3.05) is 7.11 Å². The third-order valence-corrected chi connectivity index (χ3v) is 7.28. The summed E-state index contributed by atoms with van der Waals surface area (Å²) < 4.78 is 75.2. The molecule has 1 aliphatic rings. The highest BCUT2D eigenvalue weighted by atomic mass is 19.4. The molecule has 4 aromatic rings. The van der Waals surface area contributed by atoms with E-state index < -0.39 is 48.0 Å². The van der Waals surface area contributed by atoms with Gasteiger partial charge in [0.05, 0.1) is 24.4 Å². The lowest BCUT2D eigenvalue weighted by atomic mass is 9.94. The summed E-state index contributed by atoms with van der Waals surface area (Å²) in [5, 5.41) is 6.56. The Kier molecular flexibility index (Phi) is 8.56. The average Bonchev–Trinajstić information content (AvgIpc) is 3.35. The molecule has 224 valence electrons. The second-order valence-corrected chi connectivity index (χ2v) is 10.2. The minimum atomic E-state index is -4.66. The van der Waals surface area contributed by atoms with Crippen LogP contribution >= 0.6 is 0 Å². The van der Waals surface area contributed by atoms with Crippen molar-refractivity contribution in [2.24, 2.45) is 0 Å². The van der Waals surface area contributed by atoms with E-state index >= 15 is 0 Å². The van der Waals surface area contributed by atoms with Crippen molar-refractivity contribution >= 4 is 11.9 Å². The molecule has 0 bridgehead atoms. The Hall–Kier alpha value is -4.61. The predicted molar refractivity (Wildman–Crippen MR) is 146 cm³/mol. The number of alkyl halides is 3. The number of amides is 1. The van der Waals surface area contributed by atoms with Gasteiger partial charge in [0.15, 0.2) is 5.69 Å². The van der Waals surface area contributed by atoms with E-state index in [0.29, 0.717) is 41.8 Å². The molecule has 2 heterocycles. The zero-order chi connectivity index (χ0) is 30.7.